The first-order valence-electron chi connectivity index (χ1n) is 5.86. The van der Waals surface area contributed by atoms with Gasteiger partial charge in [-0.05, 0) is 25.0 Å². The van der Waals surface area contributed by atoms with Crippen molar-refractivity contribution in [3.8, 4) is 5.75 Å². The molecule has 0 heterocycles. The second kappa shape index (κ2) is 5.69. The number of rotatable bonds is 6. The van der Waals surface area contributed by atoms with Crippen LogP contribution in [0.25, 0.3) is 0 Å². The molecule has 0 atom stereocenters. The molecule has 1 aromatic rings. The Balaban J connectivity index is 2.93. The Bertz CT molecular complexity index is 496. The molecule has 0 bridgehead atoms. The molecule has 1 rings (SSSR count). The van der Waals surface area contributed by atoms with Gasteiger partial charge in [0, 0.05) is 5.54 Å². The molecule has 5 nitrogen and oxygen atoms in total. The number of sulfonamides is 1. The summed E-state index contributed by atoms with van der Waals surface area (Å²) in [5.41, 5.74) is 5.64. The summed E-state index contributed by atoms with van der Waals surface area (Å²) in [6, 6.07) is 6.29. The number of nitrogens with two attached hydrogens (primary N) is 2. The summed E-state index contributed by atoms with van der Waals surface area (Å²) in [7, 11) is -3.78. The monoisotopic (exact) mass is 272 g/mol. The molecule has 0 amide bonds. The Morgan fingerprint density at radius 3 is 2.28 bits per heavy atom. The van der Waals surface area contributed by atoms with Crippen molar-refractivity contribution >= 4 is 10.0 Å². The second-order valence-corrected chi connectivity index (χ2v) is 5.88. The molecule has 0 aliphatic rings. The van der Waals surface area contributed by atoms with Crippen molar-refractivity contribution in [1.82, 2.24) is 0 Å². The maximum absolute atomic E-state index is 11.4. The zero-order valence-corrected chi connectivity index (χ0v) is 11.5. The van der Waals surface area contributed by atoms with Gasteiger partial charge in [-0.1, -0.05) is 26.0 Å². The fourth-order valence-electron chi connectivity index (χ4n) is 1.48. The zero-order valence-electron chi connectivity index (χ0n) is 10.7. The van der Waals surface area contributed by atoms with Gasteiger partial charge < -0.3 is 10.5 Å². The van der Waals surface area contributed by atoms with Crippen LogP contribution in [0.1, 0.15) is 26.7 Å². The maximum atomic E-state index is 11.4. The highest BCUT2D eigenvalue weighted by Crippen LogP contribution is 2.23. The van der Waals surface area contributed by atoms with Crippen molar-refractivity contribution in [2.45, 2.75) is 37.1 Å². The number of ether oxygens (including phenoxy) is 1. The first-order valence-corrected chi connectivity index (χ1v) is 7.40. The van der Waals surface area contributed by atoms with Crippen LogP contribution in [-0.2, 0) is 10.0 Å². The van der Waals surface area contributed by atoms with E-state index in [1.54, 1.807) is 18.2 Å². The summed E-state index contributed by atoms with van der Waals surface area (Å²) in [6.07, 6.45) is 1.50. The van der Waals surface area contributed by atoms with Gasteiger partial charge in [0.25, 0.3) is 0 Å². The molecule has 0 saturated heterocycles. The second-order valence-electron chi connectivity index (χ2n) is 4.35. The van der Waals surface area contributed by atoms with E-state index in [4.69, 9.17) is 15.6 Å². The van der Waals surface area contributed by atoms with E-state index in [1.807, 2.05) is 13.8 Å². The van der Waals surface area contributed by atoms with Crippen LogP contribution in [-0.4, -0.2) is 20.6 Å². The number of hydrogen-bond acceptors (Lipinski definition) is 4. The van der Waals surface area contributed by atoms with Gasteiger partial charge in [-0.15, -0.1) is 0 Å². The van der Waals surface area contributed by atoms with Crippen LogP contribution >= 0.6 is 0 Å². The molecule has 0 saturated carbocycles. The lowest BCUT2D eigenvalue weighted by Crippen LogP contribution is -2.44. The lowest BCUT2D eigenvalue weighted by Gasteiger charge is -2.26. The molecular formula is C12H20N2O3S. The van der Waals surface area contributed by atoms with E-state index < -0.39 is 15.6 Å². The molecule has 0 unspecified atom stereocenters. The van der Waals surface area contributed by atoms with Gasteiger partial charge in [0.05, 0.1) is 0 Å². The Morgan fingerprint density at radius 1 is 1.22 bits per heavy atom. The standard InChI is InChI=1S/C12H20N2O3S/c1-3-12(13,4-2)9-17-10-7-5-6-8-11(10)18(14,15)16/h5-8H,3-4,9,13H2,1-2H3,(H2,14,15,16). The first kappa shape index (κ1) is 14.9. The van der Waals surface area contributed by atoms with Gasteiger partial charge in [0.1, 0.15) is 17.3 Å². The Hall–Kier alpha value is -1.11. The average molecular weight is 272 g/mol. The summed E-state index contributed by atoms with van der Waals surface area (Å²) in [4.78, 5) is -0.0143. The summed E-state index contributed by atoms with van der Waals surface area (Å²) < 4.78 is 28.3. The average Bonchev–Trinajstić information content (AvgIpc) is 2.35. The molecule has 0 radical (unpaired) electrons. The lowest BCUT2D eigenvalue weighted by molar-refractivity contribution is 0.203. The Labute approximate surface area is 108 Å². The molecular weight excluding hydrogens is 252 g/mol. The van der Waals surface area contributed by atoms with Crippen LogP contribution in [0, 0.1) is 0 Å². The fourth-order valence-corrected chi connectivity index (χ4v) is 2.16. The molecule has 0 aliphatic heterocycles. The Morgan fingerprint density at radius 2 is 1.78 bits per heavy atom. The van der Waals surface area contributed by atoms with Gasteiger partial charge >= 0.3 is 0 Å². The van der Waals surface area contributed by atoms with E-state index in [0.29, 0.717) is 0 Å². The third-order valence-corrected chi connectivity index (χ3v) is 4.03. The van der Waals surface area contributed by atoms with Crippen molar-refractivity contribution in [1.29, 1.82) is 0 Å². The summed E-state index contributed by atoms with van der Waals surface area (Å²) in [5, 5.41) is 5.12. The number of para-hydroxylation sites is 1. The van der Waals surface area contributed by atoms with Crippen molar-refractivity contribution in [2.24, 2.45) is 10.9 Å². The normalized spacial score (nSPS) is 12.4. The highest BCUT2D eigenvalue weighted by atomic mass is 32.2. The van der Waals surface area contributed by atoms with Gasteiger partial charge in [0.15, 0.2) is 0 Å². The van der Waals surface area contributed by atoms with E-state index in [1.165, 1.54) is 6.07 Å². The van der Waals surface area contributed by atoms with Crippen LogP contribution in [0.5, 0.6) is 5.75 Å². The van der Waals surface area contributed by atoms with Crippen LogP contribution < -0.4 is 15.6 Å². The number of primary sulfonamides is 1. The predicted octanol–water partition coefficient (Wildman–Crippen LogP) is 1.23. The smallest absolute Gasteiger partial charge is 0.241 e. The van der Waals surface area contributed by atoms with E-state index in [9.17, 15) is 8.42 Å². The van der Waals surface area contributed by atoms with E-state index in [0.717, 1.165) is 12.8 Å². The molecule has 0 spiro atoms. The largest absolute Gasteiger partial charge is 0.490 e. The highest BCUT2D eigenvalue weighted by Gasteiger charge is 2.23. The molecule has 0 aliphatic carbocycles. The predicted molar refractivity (Wildman–Crippen MR) is 70.8 cm³/mol. The van der Waals surface area contributed by atoms with Gasteiger partial charge in [-0.3, -0.25) is 0 Å². The maximum Gasteiger partial charge on any atom is 0.241 e. The summed E-state index contributed by atoms with van der Waals surface area (Å²) >= 11 is 0. The third-order valence-electron chi connectivity index (χ3n) is 3.08. The van der Waals surface area contributed by atoms with E-state index >= 15 is 0 Å². The van der Waals surface area contributed by atoms with Gasteiger partial charge in [-0.2, -0.15) is 0 Å². The van der Waals surface area contributed by atoms with Crippen molar-refractivity contribution < 1.29 is 13.2 Å². The van der Waals surface area contributed by atoms with Gasteiger partial charge in [0.2, 0.25) is 10.0 Å². The molecule has 1 aromatic carbocycles. The number of hydrogen-bond donors (Lipinski definition) is 2. The molecule has 4 N–H and O–H groups in total. The highest BCUT2D eigenvalue weighted by molar-refractivity contribution is 7.89. The van der Waals surface area contributed by atoms with E-state index in [-0.39, 0.29) is 17.3 Å². The minimum atomic E-state index is -3.78. The molecule has 0 fully saturated rings. The molecule has 6 heteroatoms. The van der Waals surface area contributed by atoms with Crippen molar-refractivity contribution in [2.75, 3.05) is 6.61 Å². The van der Waals surface area contributed by atoms with Crippen LogP contribution in [0.2, 0.25) is 0 Å². The third kappa shape index (κ3) is 3.69. The van der Waals surface area contributed by atoms with Crippen LogP contribution in [0.3, 0.4) is 0 Å². The zero-order chi connectivity index (χ0) is 13.8. The quantitative estimate of drug-likeness (QED) is 0.814. The van der Waals surface area contributed by atoms with E-state index in [2.05, 4.69) is 0 Å². The SMILES string of the molecule is CCC(N)(CC)COc1ccccc1S(N)(=O)=O. The minimum absolute atomic E-state index is 0.0143. The fraction of sp³-hybridized carbons (Fsp3) is 0.500. The topological polar surface area (TPSA) is 95.4 Å². The summed E-state index contributed by atoms with van der Waals surface area (Å²) in [5.74, 6) is 0.247. The Kier molecular flexibility index (Phi) is 4.72. The van der Waals surface area contributed by atoms with Crippen molar-refractivity contribution in [3.05, 3.63) is 24.3 Å². The van der Waals surface area contributed by atoms with Gasteiger partial charge in [-0.25, -0.2) is 13.6 Å². The summed E-state index contributed by atoms with van der Waals surface area (Å²) in [6.45, 7) is 4.20. The number of benzene rings is 1. The van der Waals surface area contributed by atoms with Crippen LogP contribution in [0.4, 0.5) is 0 Å². The lowest BCUT2D eigenvalue weighted by atomic mass is 9.96. The minimum Gasteiger partial charge on any atom is -0.490 e. The first-order chi connectivity index (χ1) is 8.32. The molecule has 0 aromatic heterocycles. The molecule has 102 valence electrons. The van der Waals surface area contributed by atoms with Crippen molar-refractivity contribution in [3.63, 3.8) is 0 Å². The van der Waals surface area contributed by atoms with Crippen LogP contribution in [0.15, 0.2) is 29.2 Å². The molecule has 18 heavy (non-hydrogen) atoms.